The number of hydrogen-bond acceptors (Lipinski definition) is 3. The highest BCUT2D eigenvalue weighted by molar-refractivity contribution is 5.73. The molecule has 4 heteroatoms. The molecule has 0 saturated heterocycles. The van der Waals surface area contributed by atoms with Gasteiger partial charge in [-0.15, -0.1) is 0 Å². The van der Waals surface area contributed by atoms with Gasteiger partial charge in [-0.1, -0.05) is 0 Å². The van der Waals surface area contributed by atoms with Crippen molar-refractivity contribution in [2.45, 2.75) is 13.0 Å². The first-order chi connectivity index (χ1) is 4.16. The molecule has 0 aromatic rings. The quantitative estimate of drug-likeness (QED) is 0.467. The summed E-state index contributed by atoms with van der Waals surface area (Å²) in [6.45, 7) is 1.32. The zero-order chi connectivity index (χ0) is 7.28. The maximum Gasteiger partial charge on any atom is 0.216 e. The summed E-state index contributed by atoms with van der Waals surface area (Å²) in [5, 5.41) is 10.8. The molecule has 2 N–H and O–H groups in total. The molecule has 1 amide bonds. The molecule has 0 bridgehead atoms. The van der Waals surface area contributed by atoms with E-state index < -0.39 is 6.10 Å². The van der Waals surface area contributed by atoms with Crippen LogP contribution >= 0.6 is 0 Å². The van der Waals surface area contributed by atoms with Crippen LogP contribution in [0.25, 0.3) is 0 Å². The Kier molecular flexibility index (Phi) is 3.62. The molecule has 0 rings (SSSR count). The minimum atomic E-state index is -1.08. The van der Waals surface area contributed by atoms with Crippen LogP contribution in [-0.4, -0.2) is 29.9 Å². The first-order valence-corrected chi connectivity index (χ1v) is 2.54. The van der Waals surface area contributed by atoms with E-state index >= 15 is 0 Å². The molecule has 52 valence electrons. The number of carbonyl (C=O) groups excluding carboxylic acids is 2. The summed E-state index contributed by atoms with van der Waals surface area (Å²) in [7, 11) is 0. The molecule has 1 atom stereocenters. The van der Waals surface area contributed by atoms with E-state index in [1.165, 1.54) is 6.92 Å². The normalized spacial score (nSPS) is 12.2. The van der Waals surface area contributed by atoms with Crippen LogP contribution in [0.3, 0.4) is 0 Å². The van der Waals surface area contributed by atoms with Crippen molar-refractivity contribution < 1.29 is 14.7 Å². The Balaban J connectivity index is 3.26. The van der Waals surface area contributed by atoms with Crippen molar-refractivity contribution in [2.75, 3.05) is 6.54 Å². The average Bonchev–Trinajstić information content (AvgIpc) is 1.83. The largest absolute Gasteiger partial charge is 0.384 e. The average molecular weight is 131 g/mol. The molecular formula is C5H9NO3. The van der Waals surface area contributed by atoms with Crippen molar-refractivity contribution in [1.29, 1.82) is 0 Å². The third-order valence-corrected chi connectivity index (χ3v) is 0.717. The van der Waals surface area contributed by atoms with Crippen molar-refractivity contribution in [1.82, 2.24) is 5.32 Å². The first kappa shape index (κ1) is 8.10. The van der Waals surface area contributed by atoms with E-state index in [1.807, 2.05) is 0 Å². The maximum absolute atomic E-state index is 10.1. The van der Waals surface area contributed by atoms with Crippen molar-refractivity contribution in [3.8, 4) is 0 Å². The van der Waals surface area contributed by atoms with E-state index in [-0.39, 0.29) is 12.5 Å². The molecule has 0 spiro atoms. The molecule has 0 heterocycles. The van der Waals surface area contributed by atoms with Gasteiger partial charge in [-0.05, 0) is 0 Å². The topological polar surface area (TPSA) is 66.4 Å². The Hall–Kier alpha value is -0.900. The fraction of sp³-hybridized carbons (Fsp3) is 0.600. The molecule has 0 aliphatic carbocycles. The van der Waals surface area contributed by atoms with Gasteiger partial charge in [0.1, 0.15) is 12.4 Å². The Bertz CT molecular complexity index is 113. The lowest BCUT2D eigenvalue weighted by Gasteiger charge is -2.01. The molecule has 0 aliphatic heterocycles. The Labute approximate surface area is 52.9 Å². The number of aldehydes is 1. The number of amides is 1. The predicted octanol–water partition coefficient (Wildman–Crippen LogP) is -1.32. The number of aliphatic hydroxyl groups excluding tert-OH is 1. The van der Waals surface area contributed by atoms with E-state index in [1.54, 1.807) is 0 Å². The van der Waals surface area contributed by atoms with Gasteiger partial charge in [0, 0.05) is 6.92 Å². The fourth-order valence-electron chi connectivity index (χ4n) is 0.296. The van der Waals surface area contributed by atoms with Crippen molar-refractivity contribution >= 4 is 12.2 Å². The van der Waals surface area contributed by atoms with E-state index in [4.69, 9.17) is 5.11 Å². The van der Waals surface area contributed by atoms with Gasteiger partial charge >= 0.3 is 0 Å². The minimum Gasteiger partial charge on any atom is -0.384 e. The lowest BCUT2D eigenvalue weighted by Crippen LogP contribution is -2.30. The van der Waals surface area contributed by atoms with E-state index in [9.17, 15) is 9.59 Å². The van der Waals surface area contributed by atoms with Crippen molar-refractivity contribution in [3.63, 3.8) is 0 Å². The van der Waals surface area contributed by atoms with Crippen LogP contribution in [0.5, 0.6) is 0 Å². The van der Waals surface area contributed by atoms with E-state index in [0.29, 0.717) is 6.29 Å². The summed E-state index contributed by atoms with van der Waals surface area (Å²) in [5.41, 5.74) is 0. The SMILES string of the molecule is CC(=O)NC[C@H](O)C=O. The zero-order valence-electron chi connectivity index (χ0n) is 5.13. The van der Waals surface area contributed by atoms with Crippen LogP contribution in [-0.2, 0) is 9.59 Å². The molecule has 0 aliphatic rings. The third-order valence-electron chi connectivity index (χ3n) is 0.717. The van der Waals surface area contributed by atoms with Crippen LogP contribution in [0.4, 0.5) is 0 Å². The van der Waals surface area contributed by atoms with Crippen LogP contribution in [0.2, 0.25) is 0 Å². The van der Waals surface area contributed by atoms with Crippen molar-refractivity contribution in [2.24, 2.45) is 0 Å². The molecule has 0 aromatic heterocycles. The van der Waals surface area contributed by atoms with E-state index in [0.717, 1.165) is 0 Å². The number of aliphatic hydroxyl groups is 1. The minimum absolute atomic E-state index is 0.00116. The molecule has 0 saturated carbocycles. The second-order valence-electron chi connectivity index (χ2n) is 1.64. The second-order valence-corrected chi connectivity index (χ2v) is 1.64. The number of carbonyl (C=O) groups is 2. The highest BCUT2D eigenvalue weighted by Gasteiger charge is 1.99. The standard InChI is InChI=1S/C5H9NO3/c1-4(8)6-2-5(9)3-7/h3,5,9H,2H2,1H3,(H,6,8)/t5-/m0/s1. The van der Waals surface area contributed by atoms with Gasteiger partial charge in [0.25, 0.3) is 0 Å². The zero-order valence-corrected chi connectivity index (χ0v) is 5.13. The van der Waals surface area contributed by atoms with Gasteiger partial charge in [-0.3, -0.25) is 4.79 Å². The van der Waals surface area contributed by atoms with Crippen LogP contribution in [0, 0.1) is 0 Å². The monoisotopic (exact) mass is 131 g/mol. The molecule has 0 fully saturated rings. The summed E-state index contributed by atoms with van der Waals surface area (Å²) in [6, 6.07) is 0. The van der Waals surface area contributed by atoms with Gasteiger partial charge in [0.15, 0.2) is 0 Å². The molecule has 0 aromatic carbocycles. The highest BCUT2D eigenvalue weighted by atomic mass is 16.3. The van der Waals surface area contributed by atoms with Gasteiger partial charge in [0.05, 0.1) is 6.54 Å². The van der Waals surface area contributed by atoms with Gasteiger partial charge in [-0.2, -0.15) is 0 Å². The van der Waals surface area contributed by atoms with Gasteiger partial charge in [0.2, 0.25) is 5.91 Å². The smallest absolute Gasteiger partial charge is 0.216 e. The summed E-state index contributed by atoms with van der Waals surface area (Å²) in [4.78, 5) is 19.8. The second kappa shape index (κ2) is 4.03. The lowest BCUT2D eigenvalue weighted by atomic mass is 10.4. The van der Waals surface area contributed by atoms with Crippen LogP contribution < -0.4 is 5.32 Å². The maximum atomic E-state index is 10.1. The lowest BCUT2D eigenvalue weighted by molar-refractivity contribution is -0.120. The first-order valence-electron chi connectivity index (χ1n) is 2.54. The van der Waals surface area contributed by atoms with Gasteiger partial charge in [-0.25, -0.2) is 0 Å². The fourth-order valence-corrected chi connectivity index (χ4v) is 0.296. The highest BCUT2D eigenvalue weighted by Crippen LogP contribution is 1.70. The molecule has 0 radical (unpaired) electrons. The van der Waals surface area contributed by atoms with E-state index in [2.05, 4.69) is 5.32 Å². The Morgan fingerprint density at radius 3 is 2.78 bits per heavy atom. The van der Waals surface area contributed by atoms with Crippen molar-refractivity contribution in [3.05, 3.63) is 0 Å². The molecular weight excluding hydrogens is 122 g/mol. The summed E-state index contributed by atoms with van der Waals surface area (Å²) >= 11 is 0. The predicted molar refractivity (Wildman–Crippen MR) is 30.8 cm³/mol. The van der Waals surface area contributed by atoms with Crippen LogP contribution in [0.1, 0.15) is 6.92 Å². The summed E-state index contributed by atoms with van der Waals surface area (Å²) in [6.07, 6.45) is -0.704. The number of rotatable bonds is 3. The molecule has 4 nitrogen and oxygen atoms in total. The molecule has 0 unspecified atom stereocenters. The number of nitrogens with one attached hydrogen (secondary N) is 1. The molecule has 9 heavy (non-hydrogen) atoms. The summed E-state index contributed by atoms with van der Waals surface area (Å²) < 4.78 is 0. The third kappa shape index (κ3) is 4.96. The summed E-state index contributed by atoms with van der Waals surface area (Å²) in [5.74, 6) is -0.254. The Morgan fingerprint density at radius 2 is 2.44 bits per heavy atom. The number of hydrogen-bond donors (Lipinski definition) is 2. The van der Waals surface area contributed by atoms with Crippen LogP contribution in [0.15, 0.2) is 0 Å². The Morgan fingerprint density at radius 1 is 1.89 bits per heavy atom. The van der Waals surface area contributed by atoms with Gasteiger partial charge < -0.3 is 15.2 Å².